The minimum atomic E-state index is -4.71. The zero-order valence-electron chi connectivity index (χ0n) is 17.5. The summed E-state index contributed by atoms with van der Waals surface area (Å²) in [6.45, 7) is 0.0607. The SMILES string of the molecule is CON(Cc1ccc(-c2noc(C(F)(F)F)n2)cc1)C(=O)OCc1ccc(N(C)C)nc1. The Labute approximate surface area is 181 Å². The van der Waals surface area contributed by atoms with Crippen LogP contribution in [0.15, 0.2) is 47.1 Å². The van der Waals surface area contributed by atoms with Gasteiger partial charge in [0.2, 0.25) is 5.82 Å². The number of anilines is 1. The zero-order valence-corrected chi connectivity index (χ0v) is 17.5. The number of halogens is 3. The van der Waals surface area contributed by atoms with E-state index in [9.17, 15) is 18.0 Å². The third-order valence-corrected chi connectivity index (χ3v) is 4.26. The molecule has 0 aliphatic rings. The largest absolute Gasteiger partial charge is 0.471 e. The number of nitrogens with zero attached hydrogens (tertiary/aromatic N) is 5. The van der Waals surface area contributed by atoms with Crippen molar-refractivity contribution in [1.82, 2.24) is 20.2 Å². The van der Waals surface area contributed by atoms with Crippen LogP contribution in [0.4, 0.5) is 23.8 Å². The van der Waals surface area contributed by atoms with Crippen molar-refractivity contribution in [2.45, 2.75) is 19.3 Å². The summed E-state index contributed by atoms with van der Waals surface area (Å²) in [7, 11) is 5.06. The molecule has 3 rings (SSSR count). The molecule has 0 saturated heterocycles. The molecule has 0 spiro atoms. The molecule has 0 saturated carbocycles. The summed E-state index contributed by atoms with van der Waals surface area (Å²) < 4.78 is 47.3. The van der Waals surface area contributed by atoms with Crippen LogP contribution in [0.1, 0.15) is 17.0 Å². The van der Waals surface area contributed by atoms with Gasteiger partial charge in [-0.05, 0) is 11.6 Å². The second-order valence-corrected chi connectivity index (χ2v) is 6.81. The van der Waals surface area contributed by atoms with E-state index in [1.807, 2.05) is 19.0 Å². The molecule has 0 radical (unpaired) electrons. The summed E-state index contributed by atoms with van der Waals surface area (Å²) in [5.74, 6) is -0.838. The van der Waals surface area contributed by atoms with Crippen molar-refractivity contribution < 1.29 is 32.1 Å². The standard InChI is InChI=1S/C20H20F3N5O4/c1-27(2)16-9-6-14(10-24-16)12-31-19(29)28(30-3)11-13-4-7-15(8-5-13)17-25-18(32-26-17)20(21,22)23/h4-10H,11-12H2,1-3H3. The monoisotopic (exact) mass is 451 g/mol. The number of hydrogen-bond acceptors (Lipinski definition) is 8. The molecule has 1 amide bonds. The highest BCUT2D eigenvalue weighted by molar-refractivity contribution is 5.66. The van der Waals surface area contributed by atoms with Gasteiger partial charge in [0.1, 0.15) is 12.4 Å². The summed E-state index contributed by atoms with van der Waals surface area (Å²) in [4.78, 5) is 26.8. The molecule has 32 heavy (non-hydrogen) atoms. The second-order valence-electron chi connectivity index (χ2n) is 6.81. The van der Waals surface area contributed by atoms with Gasteiger partial charge in [0.15, 0.2) is 0 Å². The van der Waals surface area contributed by atoms with E-state index in [1.165, 1.54) is 19.2 Å². The lowest BCUT2D eigenvalue weighted by atomic mass is 10.1. The summed E-state index contributed by atoms with van der Waals surface area (Å²) in [6, 6.07) is 9.83. The topological polar surface area (TPSA) is 93.8 Å². The van der Waals surface area contributed by atoms with Gasteiger partial charge in [-0.2, -0.15) is 23.2 Å². The maximum Gasteiger partial charge on any atom is 0.471 e. The summed E-state index contributed by atoms with van der Waals surface area (Å²) in [5, 5.41) is 4.34. The van der Waals surface area contributed by atoms with Gasteiger partial charge in [-0.3, -0.25) is 4.84 Å². The van der Waals surface area contributed by atoms with Crippen molar-refractivity contribution in [2.75, 3.05) is 26.1 Å². The fourth-order valence-corrected chi connectivity index (χ4v) is 2.57. The molecule has 0 atom stereocenters. The maximum atomic E-state index is 12.6. The number of benzene rings is 1. The average molecular weight is 451 g/mol. The Bertz CT molecular complexity index is 1040. The number of rotatable bonds is 7. The molecule has 0 bridgehead atoms. The highest BCUT2D eigenvalue weighted by Gasteiger charge is 2.38. The number of amides is 1. The predicted molar refractivity (Wildman–Crippen MR) is 106 cm³/mol. The lowest BCUT2D eigenvalue weighted by Gasteiger charge is -2.19. The number of hydrogen-bond donors (Lipinski definition) is 0. The normalized spacial score (nSPS) is 11.3. The van der Waals surface area contributed by atoms with E-state index in [2.05, 4.69) is 19.6 Å². The quantitative estimate of drug-likeness (QED) is 0.499. The Balaban J connectivity index is 1.58. The van der Waals surface area contributed by atoms with Crippen LogP contribution in [0.2, 0.25) is 0 Å². The molecule has 12 heteroatoms. The number of alkyl halides is 3. The molecule has 0 aliphatic heterocycles. The van der Waals surface area contributed by atoms with E-state index >= 15 is 0 Å². The van der Waals surface area contributed by atoms with Crippen molar-refractivity contribution in [1.29, 1.82) is 0 Å². The fraction of sp³-hybridized carbons (Fsp3) is 0.300. The first-order chi connectivity index (χ1) is 15.2. The minimum Gasteiger partial charge on any atom is -0.443 e. The molecule has 1 aromatic carbocycles. The average Bonchev–Trinajstić information content (AvgIpc) is 3.27. The van der Waals surface area contributed by atoms with Crippen LogP contribution in [0.25, 0.3) is 11.4 Å². The van der Waals surface area contributed by atoms with E-state index in [1.54, 1.807) is 30.5 Å². The first kappa shape index (κ1) is 23.0. The molecule has 2 heterocycles. The van der Waals surface area contributed by atoms with Gasteiger partial charge in [0.05, 0.1) is 13.7 Å². The van der Waals surface area contributed by atoms with Crippen LogP contribution >= 0.6 is 0 Å². The summed E-state index contributed by atoms with van der Waals surface area (Å²) in [6.07, 6.45) is -3.81. The molecule has 3 aromatic rings. The van der Waals surface area contributed by atoms with Crippen LogP contribution in [-0.2, 0) is 28.9 Å². The number of carbonyl (C=O) groups is 1. The third kappa shape index (κ3) is 5.72. The van der Waals surface area contributed by atoms with Crippen LogP contribution in [0, 0.1) is 0 Å². The van der Waals surface area contributed by atoms with Crippen LogP contribution in [-0.4, -0.2) is 47.5 Å². The summed E-state index contributed by atoms with van der Waals surface area (Å²) >= 11 is 0. The van der Waals surface area contributed by atoms with Crippen molar-refractivity contribution in [2.24, 2.45) is 0 Å². The molecule has 0 N–H and O–H groups in total. The Morgan fingerprint density at radius 2 is 1.78 bits per heavy atom. The smallest absolute Gasteiger partial charge is 0.443 e. The van der Waals surface area contributed by atoms with Gasteiger partial charge < -0.3 is 14.2 Å². The molecule has 0 aliphatic carbocycles. The maximum absolute atomic E-state index is 12.6. The zero-order chi connectivity index (χ0) is 23.3. The van der Waals surface area contributed by atoms with Crippen molar-refractivity contribution in [3.05, 3.63) is 59.6 Å². The van der Waals surface area contributed by atoms with E-state index in [0.717, 1.165) is 10.9 Å². The van der Waals surface area contributed by atoms with Crippen LogP contribution in [0.5, 0.6) is 0 Å². The Morgan fingerprint density at radius 1 is 1.09 bits per heavy atom. The van der Waals surface area contributed by atoms with E-state index in [-0.39, 0.29) is 19.0 Å². The molecule has 170 valence electrons. The van der Waals surface area contributed by atoms with Gasteiger partial charge in [-0.25, -0.2) is 9.78 Å². The fourth-order valence-electron chi connectivity index (χ4n) is 2.57. The van der Waals surface area contributed by atoms with Gasteiger partial charge in [0.25, 0.3) is 0 Å². The Morgan fingerprint density at radius 3 is 2.31 bits per heavy atom. The van der Waals surface area contributed by atoms with Gasteiger partial charge in [-0.1, -0.05) is 35.5 Å². The molecule has 9 nitrogen and oxygen atoms in total. The van der Waals surface area contributed by atoms with Crippen molar-refractivity contribution >= 4 is 11.9 Å². The van der Waals surface area contributed by atoms with Gasteiger partial charge >= 0.3 is 18.2 Å². The number of aromatic nitrogens is 3. The first-order valence-corrected chi connectivity index (χ1v) is 9.28. The highest BCUT2D eigenvalue weighted by atomic mass is 19.4. The summed E-state index contributed by atoms with van der Waals surface area (Å²) in [5.41, 5.74) is 1.68. The predicted octanol–water partition coefficient (Wildman–Crippen LogP) is 3.92. The number of hydroxylamine groups is 2. The van der Waals surface area contributed by atoms with Gasteiger partial charge in [0, 0.05) is 31.4 Å². The molecular formula is C20H20F3N5O4. The van der Waals surface area contributed by atoms with Gasteiger partial charge in [-0.15, -0.1) is 0 Å². The van der Waals surface area contributed by atoms with E-state index < -0.39 is 18.2 Å². The third-order valence-electron chi connectivity index (χ3n) is 4.26. The van der Waals surface area contributed by atoms with E-state index in [0.29, 0.717) is 16.7 Å². The number of pyridine rings is 1. The van der Waals surface area contributed by atoms with E-state index in [4.69, 9.17) is 9.57 Å². The lowest BCUT2D eigenvalue weighted by molar-refractivity contribution is -0.159. The molecular weight excluding hydrogens is 431 g/mol. The minimum absolute atomic E-state index is 0.0116. The Kier molecular flexibility index (Phi) is 6.93. The molecule has 2 aromatic heterocycles. The van der Waals surface area contributed by atoms with Crippen LogP contribution in [0.3, 0.4) is 0 Å². The number of carbonyl (C=O) groups excluding carboxylic acids is 1. The Hall–Kier alpha value is -3.67. The van der Waals surface area contributed by atoms with Crippen molar-refractivity contribution in [3.63, 3.8) is 0 Å². The molecule has 0 unspecified atom stereocenters. The first-order valence-electron chi connectivity index (χ1n) is 9.28. The second kappa shape index (κ2) is 9.64. The molecule has 0 fully saturated rings. The highest BCUT2D eigenvalue weighted by Crippen LogP contribution is 2.29. The lowest BCUT2D eigenvalue weighted by Crippen LogP contribution is -2.30. The van der Waals surface area contributed by atoms with Crippen LogP contribution < -0.4 is 4.90 Å². The number of ether oxygens (including phenoxy) is 1. The van der Waals surface area contributed by atoms with Crippen molar-refractivity contribution in [3.8, 4) is 11.4 Å².